The van der Waals surface area contributed by atoms with Crippen molar-refractivity contribution >= 4 is 31.9 Å². The Morgan fingerprint density at radius 3 is 2.43 bits per heavy atom. The van der Waals surface area contributed by atoms with E-state index in [0.717, 1.165) is 40.0 Å². The number of rotatable bonds is 8. The first-order valence-electron chi connectivity index (χ1n) is 7.59. The predicted octanol–water partition coefficient (Wildman–Crippen LogP) is 4.95. The van der Waals surface area contributed by atoms with E-state index in [2.05, 4.69) is 55.4 Å². The molecule has 0 heterocycles. The summed E-state index contributed by atoms with van der Waals surface area (Å²) in [6.07, 6.45) is 0.934. The quantitative estimate of drug-likeness (QED) is 0.586. The number of para-hydroxylation sites is 1. The van der Waals surface area contributed by atoms with E-state index in [4.69, 9.17) is 9.47 Å². The van der Waals surface area contributed by atoms with Gasteiger partial charge in [0, 0.05) is 6.54 Å². The number of benzene rings is 2. The third-order valence-electron chi connectivity index (χ3n) is 3.44. The summed E-state index contributed by atoms with van der Waals surface area (Å²) in [5.74, 6) is 1.80. The van der Waals surface area contributed by atoms with Gasteiger partial charge < -0.3 is 14.8 Å². The third kappa shape index (κ3) is 5.23. The van der Waals surface area contributed by atoms with Gasteiger partial charge in [-0.25, -0.2) is 0 Å². The molecule has 2 aromatic carbocycles. The van der Waals surface area contributed by atoms with Crippen molar-refractivity contribution in [2.45, 2.75) is 19.9 Å². The largest absolute Gasteiger partial charge is 0.496 e. The normalized spacial score (nSPS) is 10.6. The first-order valence-corrected chi connectivity index (χ1v) is 9.17. The molecule has 0 aliphatic carbocycles. The number of methoxy groups -OCH3 is 1. The van der Waals surface area contributed by atoms with Gasteiger partial charge in [-0.1, -0.05) is 18.2 Å². The molecule has 124 valence electrons. The molecule has 2 rings (SSSR count). The van der Waals surface area contributed by atoms with Gasteiger partial charge in [0.2, 0.25) is 0 Å². The van der Waals surface area contributed by atoms with Gasteiger partial charge in [-0.3, -0.25) is 0 Å². The van der Waals surface area contributed by atoms with E-state index in [1.54, 1.807) is 7.11 Å². The highest BCUT2D eigenvalue weighted by Crippen LogP contribution is 2.34. The fraction of sp³-hybridized carbons (Fsp3) is 0.333. The zero-order valence-corrected chi connectivity index (χ0v) is 16.5. The summed E-state index contributed by atoms with van der Waals surface area (Å²) in [6, 6.07) is 12.3. The summed E-state index contributed by atoms with van der Waals surface area (Å²) < 4.78 is 12.9. The van der Waals surface area contributed by atoms with Crippen molar-refractivity contribution in [1.29, 1.82) is 0 Å². The highest BCUT2D eigenvalue weighted by molar-refractivity contribution is 9.11. The minimum absolute atomic E-state index is 0.647. The Morgan fingerprint density at radius 1 is 1.09 bits per heavy atom. The maximum Gasteiger partial charge on any atom is 0.147 e. The Balaban J connectivity index is 1.89. The molecule has 0 unspecified atom stereocenters. The van der Waals surface area contributed by atoms with E-state index in [1.807, 2.05) is 25.1 Å². The van der Waals surface area contributed by atoms with Crippen LogP contribution in [0.3, 0.4) is 0 Å². The Bertz CT molecular complexity index is 624. The van der Waals surface area contributed by atoms with Crippen LogP contribution in [0.15, 0.2) is 45.3 Å². The molecule has 0 saturated heterocycles. The molecular formula is C18H21Br2NO2. The zero-order chi connectivity index (χ0) is 16.7. The van der Waals surface area contributed by atoms with Crippen LogP contribution in [0.25, 0.3) is 0 Å². The molecule has 0 aromatic heterocycles. The standard InChI is InChI=1S/C18H21Br2NO2/c1-3-23-18-15(19)10-13(11-16(18)20)12-21-9-8-14-6-4-5-7-17(14)22-2/h4-7,10-11,21H,3,8-9,12H2,1-2H3. The predicted molar refractivity (Wildman–Crippen MR) is 101 cm³/mol. The smallest absolute Gasteiger partial charge is 0.147 e. The number of halogens is 2. The van der Waals surface area contributed by atoms with Crippen LogP contribution < -0.4 is 14.8 Å². The molecule has 2 aromatic rings. The fourth-order valence-electron chi connectivity index (χ4n) is 2.36. The monoisotopic (exact) mass is 441 g/mol. The molecule has 0 aliphatic heterocycles. The van der Waals surface area contributed by atoms with E-state index in [-0.39, 0.29) is 0 Å². The highest BCUT2D eigenvalue weighted by Gasteiger charge is 2.08. The number of ether oxygens (including phenoxy) is 2. The summed E-state index contributed by atoms with van der Waals surface area (Å²) in [7, 11) is 1.71. The van der Waals surface area contributed by atoms with Crippen LogP contribution in [0.4, 0.5) is 0 Å². The maximum absolute atomic E-state index is 5.60. The van der Waals surface area contributed by atoms with Gasteiger partial charge in [0.1, 0.15) is 11.5 Å². The van der Waals surface area contributed by atoms with Gasteiger partial charge in [-0.15, -0.1) is 0 Å². The van der Waals surface area contributed by atoms with E-state index in [9.17, 15) is 0 Å². The second-order valence-electron chi connectivity index (χ2n) is 5.06. The Labute approximate surface area is 154 Å². The molecule has 0 fully saturated rings. The van der Waals surface area contributed by atoms with E-state index in [0.29, 0.717) is 6.61 Å². The van der Waals surface area contributed by atoms with Crippen LogP contribution in [0.2, 0.25) is 0 Å². The Morgan fingerprint density at radius 2 is 1.78 bits per heavy atom. The number of nitrogens with one attached hydrogen (secondary N) is 1. The Hall–Kier alpha value is -1.04. The second kappa shape index (κ2) is 9.30. The molecule has 0 amide bonds. The second-order valence-corrected chi connectivity index (χ2v) is 6.77. The van der Waals surface area contributed by atoms with Gasteiger partial charge >= 0.3 is 0 Å². The SMILES string of the molecule is CCOc1c(Br)cc(CNCCc2ccccc2OC)cc1Br. The van der Waals surface area contributed by atoms with Gasteiger partial charge in [-0.2, -0.15) is 0 Å². The lowest BCUT2D eigenvalue weighted by atomic mass is 10.1. The average molecular weight is 443 g/mol. The van der Waals surface area contributed by atoms with Crippen LogP contribution in [0.1, 0.15) is 18.1 Å². The van der Waals surface area contributed by atoms with E-state index >= 15 is 0 Å². The average Bonchev–Trinajstić information content (AvgIpc) is 2.55. The van der Waals surface area contributed by atoms with Gasteiger partial charge in [0.05, 0.1) is 22.7 Å². The minimum Gasteiger partial charge on any atom is -0.496 e. The van der Waals surface area contributed by atoms with Gasteiger partial charge in [-0.05, 0) is 81.1 Å². The van der Waals surface area contributed by atoms with Crippen molar-refractivity contribution in [2.24, 2.45) is 0 Å². The molecule has 0 aliphatic rings. The van der Waals surface area contributed by atoms with Crippen molar-refractivity contribution < 1.29 is 9.47 Å². The molecule has 0 spiro atoms. The molecule has 0 atom stereocenters. The van der Waals surface area contributed by atoms with Crippen LogP contribution in [0, 0.1) is 0 Å². The summed E-state index contributed by atoms with van der Waals surface area (Å²) in [4.78, 5) is 0. The van der Waals surface area contributed by atoms with Crippen LogP contribution in [-0.4, -0.2) is 20.3 Å². The molecule has 0 bridgehead atoms. The van der Waals surface area contributed by atoms with E-state index < -0.39 is 0 Å². The van der Waals surface area contributed by atoms with Crippen molar-refractivity contribution in [3.8, 4) is 11.5 Å². The molecule has 5 heteroatoms. The van der Waals surface area contributed by atoms with Crippen molar-refractivity contribution in [1.82, 2.24) is 5.32 Å². The topological polar surface area (TPSA) is 30.5 Å². The lowest BCUT2D eigenvalue weighted by Crippen LogP contribution is -2.17. The number of hydrogen-bond acceptors (Lipinski definition) is 3. The summed E-state index contributed by atoms with van der Waals surface area (Å²) in [6.45, 7) is 4.32. The Kier molecular flexibility index (Phi) is 7.40. The summed E-state index contributed by atoms with van der Waals surface area (Å²) >= 11 is 7.13. The lowest BCUT2D eigenvalue weighted by Gasteiger charge is -2.12. The molecular weight excluding hydrogens is 422 g/mol. The minimum atomic E-state index is 0.647. The van der Waals surface area contributed by atoms with Crippen LogP contribution >= 0.6 is 31.9 Å². The molecule has 1 N–H and O–H groups in total. The van der Waals surface area contributed by atoms with Crippen molar-refractivity contribution in [3.05, 3.63) is 56.5 Å². The van der Waals surface area contributed by atoms with Gasteiger partial charge in [0.25, 0.3) is 0 Å². The van der Waals surface area contributed by atoms with Crippen molar-refractivity contribution in [3.63, 3.8) is 0 Å². The van der Waals surface area contributed by atoms with Crippen LogP contribution in [-0.2, 0) is 13.0 Å². The molecule has 23 heavy (non-hydrogen) atoms. The first-order chi connectivity index (χ1) is 11.2. The molecule has 3 nitrogen and oxygen atoms in total. The molecule has 0 radical (unpaired) electrons. The lowest BCUT2D eigenvalue weighted by molar-refractivity contribution is 0.336. The molecule has 0 saturated carbocycles. The number of hydrogen-bond donors (Lipinski definition) is 1. The maximum atomic E-state index is 5.60. The van der Waals surface area contributed by atoms with Gasteiger partial charge in [0.15, 0.2) is 0 Å². The zero-order valence-electron chi connectivity index (χ0n) is 13.4. The first kappa shape index (κ1) is 18.3. The summed E-state index contributed by atoms with van der Waals surface area (Å²) in [5, 5.41) is 3.47. The van der Waals surface area contributed by atoms with E-state index in [1.165, 1.54) is 11.1 Å². The fourth-order valence-corrected chi connectivity index (χ4v) is 3.87. The van der Waals surface area contributed by atoms with Crippen molar-refractivity contribution in [2.75, 3.05) is 20.3 Å². The summed E-state index contributed by atoms with van der Waals surface area (Å²) in [5.41, 5.74) is 2.42. The highest BCUT2D eigenvalue weighted by atomic mass is 79.9. The van der Waals surface area contributed by atoms with Crippen LogP contribution in [0.5, 0.6) is 11.5 Å². The third-order valence-corrected chi connectivity index (χ3v) is 4.62.